The quantitative estimate of drug-likeness (QED) is 0.727. The lowest BCUT2D eigenvalue weighted by Crippen LogP contribution is -2.58. The first-order valence-electron chi connectivity index (χ1n) is 10.1. The first-order valence-corrected chi connectivity index (χ1v) is 10.1. The Labute approximate surface area is 146 Å². The van der Waals surface area contributed by atoms with Gasteiger partial charge < -0.3 is 5.11 Å². The Morgan fingerprint density at radius 3 is 2.71 bits per heavy atom. The molecule has 4 aliphatic rings. The molecule has 0 aromatic rings. The second-order valence-electron chi connectivity index (χ2n) is 8.95. The van der Waals surface area contributed by atoms with Crippen molar-refractivity contribution in [2.24, 2.45) is 23.2 Å². The SMILES string of the molecule is CCC1(O)C[C@]2(CC)C(=O)CCC2C2CCC3=C(CC=C(C)C3)C21. The molecular formula is C22H32O2. The summed E-state index contributed by atoms with van der Waals surface area (Å²) in [4.78, 5) is 12.8. The number of ketones is 1. The third-order valence-corrected chi connectivity index (χ3v) is 8.11. The van der Waals surface area contributed by atoms with Gasteiger partial charge in [-0.05, 0) is 70.1 Å². The number of carbonyl (C=O) groups excluding carboxylic acids is 1. The van der Waals surface area contributed by atoms with Crippen molar-refractivity contribution in [3.63, 3.8) is 0 Å². The molecule has 0 aromatic carbocycles. The Balaban J connectivity index is 1.80. The Morgan fingerprint density at radius 2 is 2.00 bits per heavy atom. The average molecular weight is 328 g/mol. The highest BCUT2D eigenvalue weighted by atomic mass is 16.3. The molecule has 2 nitrogen and oxygen atoms in total. The van der Waals surface area contributed by atoms with Crippen LogP contribution in [0.3, 0.4) is 0 Å². The van der Waals surface area contributed by atoms with Crippen LogP contribution in [-0.4, -0.2) is 16.5 Å². The highest BCUT2D eigenvalue weighted by molar-refractivity contribution is 5.87. The summed E-state index contributed by atoms with van der Waals surface area (Å²) in [5.41, 5.74) is 3.73. The molecule has 0 heterocycles. The van der Waals surface area contributed by atoms with Crippen molar-refractivity contribution in [3.8, 4) is 0 Å². The fourth-order valence-corrected chi connectivity index (χ4v) is 6.93. The number of carbonyl (C=O) groups is 1. The van der Waals surface area contributed by atoms with E-state index in [2.05, 4.69) is 26.8 Å². The van der Waals surface area contributed by atoms with E-state index in [1.807, 2.05) is 0 Å². The van der Waals surface area contributed by atoms with Crippen molar-refractivity contribution in [3.05, 3.63) is 22.8 Å². The second kappa shape index (κ2) is 5.56. The minimum Gasteiger partial charge on any atom is -0.389 e. The van der Waals surface area contributed by atoms with E-state index < -0.39 is 5.60 Å². The minimum absolute atomic E-state index is 0.232. The Bertz CT molecular complexity index is 628. The van der Waals surface area contributed by atoms with Crippen LogP contribution in [0.4, 0.5) is 0 Å². The molecule has 5 atom stereocenters. The van der Waals surface area contributed by atoms with Crippen LogP contribution < -0.4 is 0 Å². The van der Waals surface area contributed by atoms with Crippen molar-refractivity contribution >= 4 is 5.78 Å². The van der Waals surface area contributed by atoms with Crippen molar-refractivity contribution in [2.45, 2.75) is 84.2 Å². The molecule has 0 radical (unpaired) electrons. The maximum Gasteiger partial charge on any atom is 0.139 e. The van der Waals surface area contributed by atoms with Gasteiger partial charge >= 0.3 is 0 Å². The fourth-order valence-electron chi connectivity index (χ4n) is 6.93. The summed E-state index contributed by atoms with van der Waals surface area (Å²) in [5, 5.41) is 11.7. The smallest absolute Gasteiger partial charge is 0.139 e. The maximum absolute atomic E-state index is 12.8. The van der Waals surface area contributed by atoms with Gasteiger partial charge in [0.25, 0.3) is 0 Å². The zero-order chi connectivity index (χ0) is 17.1. The number of fused-ring (bicyclic) bond motifs is 4. The van der Waals surface area contributed by atoms with Crippen molar-refractivity contribution < 1.29 is 9.90 Å². The molecule has 0 bridgehead atoms. The summed E-state index contributed by atoms with van der Waals surface area (Å²) in [6.07, 6.45) is 11.1. The lowest BCUT2D eigenvalue weighted by atomic mass is 9.48. The molecule has 2 fully saturated rings. The lowest BCUT2D eigenvalue weighted by Gasteiger charge is -2.58. The summed E-state index contributed by atoms with van der Waals surface area (Å²) >= 11 is 0. The lowest BCUT2D eigenvalue weighted by molar-refractivity contribution is -0.158. The first-order chi connectivity index (χ1) is 11.4. The third kappa shape index (κ3) is 2.08. The number of rotatable bonds is 2. The van der Waals surface area contributed by atoms with Crippen molar-refractivity contribution in [1.82, 2.24) is 0 Å². The van der Waals surface area contributed by atoms with E-state index >= 15 is 0 Å². The predicted octanol–water partition coefficient (Wildman–Crippen LogP) is 4.97. The topological polar surface area (TPSA) is 37.3 Å². The van der Waals surface area contributed by atoms with Crippen LogP contribution in [0, 0.1) is 23.2 Å². The van der Waals surface area contributed by atoms with Crippen LogP contribution in [0.5, 0.6) is 0 Å². The van der Waals surface area contributed by atoms with Crippen LogP contribution in [0.1, 0.15) is 78.6 Å². The van der Waals surface area contributed by atoms with E-state index in [4.69, 9.17) is 0 Å². The van der Waals surface area contributed by atoms with Gasteiger partial charge in [-0.1, -0.05) is 36.6 Å². The number of hydrogen-bond donors (Lipinski definition) is 1. The van der Waals surface area contributed by atoms with Gasteiger partial charge in [0.15, 0.2) is 0 Å². The van der Waals surface area contributed by atoms with Crippen LogP contribution in [0.2, 0.25) is 0 Å². The standard InChI is InChI=1S/C22H32O2/c1-4-21-13-22(24,5-2)20-16-8-6-14(3)12-15(16)7-9-17(20)18(21)10-11-19(21)23/h6,17-18,20,24H,4-5,7-13H2,1-3H3/t17?,18?,20?,21-,22?/m0/s1. The minimum atomic E-state index is -0.683. The molecular weight excluding hydrogens is 296 g/mol. The number of allylic oxidation sites excluding steroid dienone is 3. The summed E-state index contributed by atoms with van der Waals surface area (Å²) in [5.74, 6) is 1.76. The van der Waals surface area contributed by atoms with Crippen LogP contribution in [0.25, 0.3) is 0 Å². The summed E-state index contributed by atoms with van der Waals surface area (Å²) in [6.45, 7) is 6.53. The van der Waals surface area contributed by atoms with Crippen molar-refractivity contribution in [1.29, 1.82) is 0 Å². The van der Waals surface area contributed by atoms with E-state index in [1.54, 1.807) is 11.1 Å². The largest absolute Gasteiger partial charge is 0.389 e. The third-order valence-electron chi connectivity index (χ3n) is 8.11. The van der Waals surface area contributed by atoms with Crippen LogP contribution in [0.15, 0.2) is 22.8 Å². The molecule has 4 aliphatic carbocycles. The van der Waals surface area contributed by atoms with E-state index in [0.717, 1.165) is 38.5 Å². The van der Waals surface area contributed by atoms with Gasteiger partial charge in [-0.25, -0.2) is 0 Å². The number of hydrogen-bond acceptors (Lipinski definition) is 2. The summed E-state index contributed by atoms with van der Waals surface area (Å²) in [6, 6.07) is 0. The first kappa shape index (κ1) is 16.6. The molecule has 0 spiro atoms. The highest BCUT2D eigenvalue weighted by Gasteiger charge is 2.63. The molecule has 2 saturated carbocycles. The predicted molar refractivity (Wildman–Crippen MR) is 96.5 cm³/mol. The monoisotopic (exact) mass is 328 g/mol. The van der Waals surface area contributed by atoms with Gasteiger partial charge in [0.05, 0.1) is 5.60 Å². The van der Waals surface area contributed by atoms with Gasteiger partial charge in [-0.15, -0.1) is 0 Å². The molecule has 4 unspecified atom stereocenters. The summed E-state index contributed by atoms with van der Waals surface area (Å²) in [7, 11) is 0. The Morgan fingerprint density at radius 1 is 1.21 bits per heavy atom. The molecule has 132 valence electrons. The van der Waals surface area contributed by atoms with Crippen LogP contribution in [-0.2, 0) is 4.79 Å². The number of aliphatic hydroxyl groups is 1. The van der Waals surface area contributed by atoms with Crippen LogP contribution >= 0.6 is 0 Å². The van der Waals surface area contributed by atoms with E-state index in [1.165, 1.54) is 18.4 Å². The fraction of sp³-hybridized carbons (Fsp3) is 0.773. The normalized spacial score (nSPS) is 44.8. The Kier molecular flexibility index (Phi) is 3.84. The molecule has 2 heteroatoms. The van der Waals surface area contributed by atoms with Crippen molar-refractivity contribution in [2.75, 3.05) is 0 Å². The highest BCUT2D eigenvalue weighted by Crippen LogP contribution is 2.64. The van der Waals surface area contributed by atoms with E-state index in [0.29, 0.717) is 30.0 Å². The van der Waals surface area contributed by atoms with Gasteiger partial charge in [-0.2, -0.15) is 0 Å². The molecule has 4 rings (SSSR count). The van der Waals surface area contributed by atoms with Gasteiger partial charge in [0, 0.05) is 17.8 Å². The van der Waals surface area contributed by atoms with E-state index in [9.17, 15) is 9.90 Å². The molecule has 24 heavy (non-hydrogen) atoms. The van der Waals surface area contributed by atoms with Gasteiger partial charge in [0.1, 0.15) is 5.78 Å². The van der Waals surface area contributed by atoms with Gasteiger partial charge in [0.2, 0.25) is 0 Å². The molecule has 0 aromatic heterocycles. The average Bonchev–Trinajstić information content (AvgIpc) is 2.91. The zero-order valence-corrected chi connectivity index (χ0v) is 15.5. The molecule has 0 saturated heterocycles. The maximum atomic E-state index is 12.8. The molecule has 1 N–H and O–H groups in total. The number of Topliss-reactive ketones (excluding diaryl/α,β-unsaturated/α-hetero) is 1. The summed E-state index contributed by atoms with van der Waals surface area (Å²) < 4.78 is 0. The second-order valence-corrected chi connectivity index (χ2v) is 8.95. The molecule has 0 amide bonds. The Hall–Kier alpha value is -0.890. The zero-order valence-electron chi connectivity index (χ0n) is 15.5. The van der Waals surface area contributed by atoms with Gasteiger partial charge in [-0.3, -0.25) is 4.79 Å². The molecule has 0 aliphatic heterocycles. The van der Waals surface area contributed by atoms with E-state index in [-0.39, 0.29) is 5.41 Å².